The molecule has 0 radical (unpaired) electrons. The minimum atomic E-state index is -0.101. The van der Waals surface area contributed by atoms with Gasteiger partial charge in [0, 0.05) is 0 Å². The maximum absolute atomic E-state index is 11.3. The Balaban J connectivity index is 1.78. The van der Waals surface area contributed by atoms with E-state index in [-0.39, 0.29) is 6.04 Å². The molecule has 0 bridgehead atoms. The third-order valence-electron chi connectivity index (χ3n) is 6.60. The first-order valence-corrected chi connectivity index (χ1v) is 8.14. The van der Waals surface area contributed by atoms with Crippen LogP contribution in [-0.2, 0) is 0 Å². The molecule has 0 spiro atoms. The van der Waals surface area contributed by atoms with Crippen molar-refractivity contribution in [2.45, 2.75) is 57.4 Å². The topological polar surface area (TPSA) is 29.4 Å². The molecule has 2 heteroatoms. The van der Waals surface area contributed by atoms with Crippen molar-refractivity contribution >= 4 is 0 Å². The highest BCUT2D eigenvalue weighted by Gasteiger charge is 2.51. The van der Waals surface area contributed by atoms with E-state index in [9.17, 15) is 4.91 Å². The lowest BCUT2D eigenvalue weighted by molar-refractivity contribution is 0.0543. The molecular weight excluding hydrogens is 246 g/mol. The molecule has 4 rings (SSSR count). The standard InChI is InChI=1S/C18H23NO/c1-18-9-4-7-16(18)15-11-17(19-20)14-6-3-2-5-12(14)13(15)8-10-18/h2-3,5-6,13,15-17H,4,7-11H2,1H3/t13-,15-,16+,17?,18+/m1/s1. The zero-order chi connectivity index (χ0) is 13.7. The van der Waals surface area contributed by atoms with Crippen molar-refractivity contribution < 1.29 is 0 Å². The van der Waals surface area contributed by atoms with Crippen LogP contribution >= 0.6 is 0 Å². The molecule has 0 aliphatic heterocycles. The van der Waals surface area contributed by atoms with Gasteiger partial charge in [0.2, 0.25) is 0 Å². The summed E-state index contributed by atoms with van der Waals surface area (Å²) in [4.78, 5) is 11.3. The van der Waals surface area contributed by atoms with Gasteiger partial charge in [-0.05, 0) is 66.4 Å². The highest BCUT2D eigenvalue weighted by atomic mass is 16.3. The molecule has 1 unspecified atom stereocenters. The molecule has 2 saturated carbocycles. The number of nitrogens with zero attached hydrogens (tertiary/aromatic N) is 1. The lowest BCUT2D eigenvalue weighted by Gasteiger charge is -2.50. The first kappa shape index (κ1) is 12.6. The Morgan fingerprint density at radius 1 is 1.15 bits per heavy atom. The van der Waals surface area contributed by atoms with Gasteiger partial charge >= 0.3 is 0 Å². The Bertz CT molecular complexity index is 540. The van der Waals surface area contributed by atoms with E-state index in [0.29, 0.717) is 17.3 Å². The summed E-state index contributed by atoms with van der Waals surface area (Å²) in [6.07, 6.45) is 7.80. The summed E-state index contributed by atoms with van der Waals surface area (Å²) in [5.41, 5.74) is 3.19. The van der Waals surface area contributed by atoms with Crippen molar-refractivity contribution in [3.8, 4) is 0 Å². The van der Waals surface area contributed by atoms with Crippen molar-refractivity contribution in [1.82, 2.24) is 0 Å². The van der Waals surface area contributed by atoms with Crippen molar-refractivity contribution in [2.24, 2.45) is 22.4 Å². The van der Waals surface area contributed by atoms with Crippen LogP contribution in [0, 0.1) is 22.2 Å². The van der Waals surface area contributed by atoms with Gasteiger partial charge in [0.15, 0.2) is 0 Å². The maximum atomic E-state index is 11.3. The lowest BCUT2D eigenvalue weighted by atomic mass is 9.55. The van der Waals surface area contributed by atoms with Crippen molar-refractivity contribution in [3.63, 3.8) is 0 Å². The van der Waals surface area contributed by atoms with E-state index in [1.807, 2.05) is 0 Å². The molecule has 0 saturated heterocycles. The molecule has 106 valence electrons. The smallest absolute Gasteiger partial charge is 0.117 e. The molecule has 0 aromatic heterocycles. The Morgan fingerprint density at radius 2 is 1.95 bits per heavy atom. The second kappa shape index (κ2) is 4.41. The van der Waals surface area contributed by atoms with Gasteiger partial charge in [-0.1, -0.05) is 42.8 Å². The predicted molar refractivity (Wildman–Crippen MR) is 80.5 cm³/mol. The third-order valence-corrected chi connectivity index (χ3v) is 6.60. The van der Waals surface area contributed by atoms with Gasteiger partial charge in [-0.2, -0.15) is 4.91 Å². The highest BCUT2D eigenvalue weighted by Crippen LogP contribution is 2.62. The summed E-state index contributed by atoms with van der Waals surface area (Å²) in [6.45, 7) is 2.49. The molecule has 3 aliphatic carbocycles. The van der Waals surface area contributed by atoms with Crippen LogP contribution < -0.4 is 0 Å². The van der Waals surface area contributed by atoms with Crippen molar-refractivity contribution in [1.29, 1.82) is 0 Å². The molecule has 1 aromatic carbocycles. The van der Waals surface area contributed by atoms with Gasteiger partial charge in [-0.25, -0.2) is 0 Å². The monoisotopic (exact) mass is 269 g/mol. The molecule has 2 fully saturated rings. The molecule has 0 N–H and O–H groups in total. The molecule has 1 aromatic rings. The van der Waals surface area contributed by atoms with Crippen LogP contribution in [-0.4, -0.2) is 0 Å². The number of hydrogen-bond donors (Lipinski definition) is 0. The van der Waals surface area contributed by atoms with E-state index in [1.54, 1.807) is 0 Å². The second-order valence-corrected chi connectivity index (χ2v) is 7.45. The maximum Gasteiger partial charge on any atom is 0.117 e. The molecule has 0 amide bonds. The Morgan fingerprint density at radius 3 is 2.75 bits per heavy atom. The summed E-state index contributed by atoms with van der Waals surface area (Å²) in [6, 6.07) is 8.46. The minimum absolute atomic E-state index is 0.101. The van der Waals surface area contributed by atoms with Gasteiger partial charge < -0.3 is 0 Å². The normalized spacial score (nSPS) is 42.5. The molecule has 3 aliphatic rings. The van der Waals surface area contributed by atoms with E-state index in [1.165, 1.54) is 43.2 Å². The first-order chi connectivity index (χ1) is 9.73. The number of fused-ring (bicyclic) bond motifs is 5. The minimum Gasteiger partial charge on any atom is -0.150 e. The number of benzene rings is 1. The van der Waals surface area contributed by atoms with E-state index in [2.05, 4.69) is 36.4 Å². The third kappa shape index (κ3) is 1.63. The zero-order valence-corrected chi connectivity index (χ0v) is 12.2. The molecule has 0 heterocycles. The molecule has 20 heavy (non-hydrogen) atoms. The largest absolute Gasteiger partial charge is 0.150 e. The Labute approximate surface area is 120 Å². The van der Waals surface area contributed by atoms with Crippen LogP contribution in [0.25, 0.3) is 0 Å². The fraction of sp³-hybridized carbons (Fsp3) is 0.667. The van der Waals surface area contributed by atoms with Gasteiger partial charge in [-0.15, -0.1) is 0 Å². The average Bonchev–Trinajstić information content (AvgIpc) is 2.88. The van der Waals surface area contributed by atoms with Crippen molar-refractivity contribution in [3.05, 3.63) is 40.3 Å². The highest BCUT2D eigenvalue weighted by molar-refractivity contribution is 5.37. The fourth-order valence-corrected chi connectivity index (χ4v) is 5.63. The molecular formula is C18H23NO. The molecule has 5 atom stereocenters. The quantitative estimate of drug-likeness (QED) is 0.644. The van der Waals surface area contributed by atoms with Gasteiger partial charge in [0.25, 0.3) is 0 Å². The van der Waals surface area contributed by atoms with Crippen molar-refractivity contribution in [2.75, 3.05) is 0 Å². The van der Waals surface area contributed by atoms with Gasteiger partial charge in [-0.3, -0.25) is 0 Å². The molecule has 2 nitrogen and oxygen atoms in total. The first-order valence-electron chi connectivity index (χ1n) is 8.14. The van der Waals surface area contributed by atoms with E-state index >= 15 is 0 Å². The van der Waals surface area contributed by atoms with Gasteiger partial charge in [0.1, 0.15) is 6.04 Å². The summed E-state index contributed by atoms with van der Waals surface area (Å²) < 4.78 is 0. The van der Waals surface area contributed by atoms with E-state index in [4.69, 9.17) is 0 Å². The lowest BCUT2D eigenvalue weighted by Crippen LogP contribution is -2.40. The summed E-state index contributed by atoms with van der Waals surface area (Å²) in [7, 11) is 0. The summed E-state index contributed by atoms with van der Waals surface area (Å²) in [5.74, 6) is 2.19. The average molecular weight is 269 g/mol. The SMILES string of the molecule is C[C@@]12CCC[C@H]1[C@@H]1CC(N=O)c3ccccc3[C@H]1CC2. The fourth-order valence-electron chi connectivity index (χ4n) is 5.63. The van der Waals surface area contributed by atoms with Crippen LogP contribution in [0.15, 0.2) is 29.4 Å². The summed E-state index contributed by atoms with van der Waals surface area (Å²) >= 11 is 0. The Hall–Kier alpha value is -1.18. The Kier molecular flexibility index (Phi) is 2.77. The van der Waals surface area contributed by atoms with Crippen LogP contribution in [0.4, 0.5) is 0 Å². The van der Waals surface area contributed by atoms with Crippen LogP contribution in [0.2, 0.25) is 0 Å². The summed E-state index contributed by atoms with van der Waals surface area (Å²) in [5, 5.41) is 3.47. The van der Waals surface area contributed by atoms with E-state index in [0.717, 1.165) is 12.3 Å². The van der Waals surface area contributed by atoms with Gasteiger partial charge in [0.05, 0.1) is 0 Å². The number of hydrogen-bond acceptors (Lipinski definition) is 2. The van der Waals surface area contributed by atoms with Crippen LogP contribution in [0.1, 0.15) is 68.5 Å². The zero-order valence-electron chi connectivity index (χ0n) is 12.2. The predicted octanol–water partition coefficient (Wildman–Crippen LogP) is 5.20. The second-order valence-electron chi connectivity index (χ2n) is 7.45. The number of rotatable bonds is 1. The van der Waals surface area contributed by atoms with E-state index < -0.39 is 0 Å². The number of nitroso groups, excluding NO2 is 1. The van der Waals surface area contributed by atoms with Crippen LogP contribution in [0.5, 0.6) is 0 Å². The van der Waals surface area contributed by atoms with Crippen LogP contribution in [0.3, 0.4) is 0 Å².